The van der Waals surface area contributed by atoms with Gasteiger partial charge in [0, 0.05) is 32.7 Å². The number of nitrogens with zero attached hydrogens (tertiary/aromatic N) is 2. The second kappa shape index (κ2) is 11.3. The van der Waals surface area contributed by atoms with Crippen molar-refractivity contribution in [2.45, 2.75) is 37.8 Å². The van der Waals surface area contributed by atoms with Crippen LogP contribution in [0.25, 0.3) is 0 Å². The maximum atomic E-state index is 14.5. The summed E-state index contributed by atoms with van der Waals surface area (Å²) < 4.78 is 57.9. The van der Waals surface area contributed by atoms with Crippen LogP contribution in [-0.4, -0.2) is 75.6 Å². The maximum absolute atomic E-state index is 14.5. The lowest BCUT2D eigenvalue weighted by Crippen LogP contribution is -2.51. The molecular formula is C25H32FN3O7S. The van der Waals surface area contributed by atoms with Crippen LogP contribution in [0, 0.1) is 5.82 Å². The number of hydrogen-bond donors (Lipinski definition) is 1. The number of carbonyl (C=O) groups is 2. The summed E-state index contributed by atoms with van der Waals surface area (Å²) in [5, 5.41) is 2.60. The van der Waals surface area contributed by atoms with Crippen molar-refractivity contribution in [3.05, 3.63) is 53.3 Å². The summed E-state index contributed by atoms with van der Waals surface area (Å²) in [6, 6.07) is 8.17. The molecule has 37 heavy (non-hydrogen) atoms. The van der Waals surface area contributed by atoms with E-state index in [0.29, 0.717) is 17.1 Å². The fraction of sp³-hybridized carbons (Fsp3) is 0.440. The Labute approximate surface area is 216 Å². The largest absolute Gasteiger partial charge is 0.493 e. The fourth-order valence-electron chi connectivity index (χ4n) is 3.69. The molecule has 0 aromatic heterocycles. The number of nitrogens with one attached hydrogen (secondary N) is 1. The van der Waals surface area contributed by atoms with Gasteiger partial charge >= 0.3 is 6.09 Å². The highest BCUT2D eigenvalue weighted by molar-refractivity contribution is 7.89. The molecule has 0 saturated carbocycles. The monoisotopic (exact) mass is 537 g/mol. The minimum Gasteiger partial charge on any atom is -0.493 e. The summed E-state index contributed by atoms with van der Waals surface area (Å²) in [5.41, 5.74) is -0.378. The van der Waals surface area contributed by atoms with Crippen LogP contribution in [-0.2, 0) is 21.3 Å². The van der Waals surface area contributed by atoms with Gasteiger partial charge in [-0.25, -0.2) is 17.6 Å². The van der Waals surface area contributed by atoms with E-state index in [1.807, 2.05) is 0 Å². The van der Waals surface area contributed by atoms with Crippen molar-refractivity contribution in [1.29, 1.82) is 0 Å². The van der Waals surface area contributed by atoms with Crippen LogP contribution in [0.4, 0.5) is 9.18 Å². The molecule has 0 radical (unpaired) electrons. The van der Waals surface area contributed by atoms with Crippen LogP contribution in [0.15, 0.2) is 41.3 Å². The van der Waals surface area contributed by atoms with Gasteiger partial charge in [-0.15, -0.1) is 0 Å². The molecule has 0 spiro atoms. The Balaban J connectivity index is 1.69. The molecule has 2 aromatic carbocycles. The van der Waals surface area contributed by atoms with Gasteiger partial charge < -0.3 is 24.4 Å². The van der Waals surface area contributed by atoms with Crippen molar-refractivity contribution in [3.8, 4) is 11.5 Å². The van der Waals surface area contributed by atoms with E-state index >= 15 is 0 Å². The quantitative estimate of drug-likeness (QED) is 0.578. The standard InChI is InChI=1S/C25H32FN3O7S/c1-25(2,3)36-24(31)28-10-12-29(13-11-28)37(32,33)18-7-8-20(26)19(15-18)23(30)27-16-17-6-9-21(34-4)22(14-17)35-5/h6-9,14-15H,10-13,16H2,1-5H3,(H,27,30). The molecule has 3 rings (SSSR count). The molecule has 0 bridgehead atoms. The molecule has 12 heteroatoms. The Bertz CT molecular complexity index is 1250. The Morgan fingerprint density at radius 3 is 2.22 bits per heavy atom. The number of halogens is 1. The summed E-state index contributed by atoms with van der Waals surface area (Å²) in [7, 11) is -1.04. The first-order valence-electron chi connectivity index (χ1n) is 11.6. The summed E-state index contributed by atoms with van der Waals surface area (Å²) in [6.45, 7) is 5.69. The van der Waals surface area contributed by atoms with Crippen molar-refractivity contribution in [1.82, 2.24) is 14.5 Å². The lowest BCUT2D eigenvalue weighted by molar-refractivity contribution is 0.0192. The van der Waals surface area contributed by atoms with Gasteiger partial charge in [-0.2, -0.15) is 4.31 Å². The van der Waals surface area contributed by atoms with Gasteiger partial charge in [-0.1, -0.05) is 6.07 Å². The fourth-order valence-corrected chi connectivity index (χ4v) is 5.14. The van der Waals surface area contributed by atoms with Crippen molar-refractivity contribution in [3.63, 3.8) is 0 Å². The molecule has 1 aliphatic rings. The van der Waals surface area contributed by atoms with Crippen molar-refractivity contribution < 1.29 is 36.6 Å². The Hall–Kier alpha value is -3.38. The summed E-state index contributed by atoms with van der Waals surface area (Å²) in [4.78, 5) is 26.2. The molecule has 0 unspecified atom stereocenters. The summed E-state index contributed by atoms with van der Waals surface area (Å²) >= 11 is 0. The zero-order valence-electron chi connectivity index (χ0n) is 21.5. The third-order valence-corrected chi connectivity index (χ3v) is 7.51. The number of methoxy groups -OCH3 is 2. The SMILES string of the molecule is COc1ccc(CNC(=O)c2cc(S(=O)(=O)N3CCN(C(=O)OC(C)(C)C)CC3)ccc2F)cc1OC. The van der Waals surface area contributed by atoms with Gasteiger partial charge in [0.05, 0.1) is 24.7 Å². The normalized spacial score (nSPS) is 14.7. The Kier molecular flexibility index (Phi) is 8.64. The second-order valence-corrected chi connectivity index (χ2v) is 11.3. The topological polar surface area (TPSA) is 114 Å². The maximum Gasteiger partial charge on any atom is 0.410 e. The first kappa shape index (κ1) is 28.2. The molecular weight excluding hydrogens is 505 g/mol. The Morgan fingerprint density at radius 2 is 1.62 bits per heavy atom. The van der Waals surface area contributed by atoms with Gasteiger partial charge in [0.2, 0.25) is 10.0 Å². The van der Waals surface area contributed by atoms with Gasteiger partial charge in [0.25, 0.3) is 5.91 Å². The van der Waals surface area contributed by atoms with Gasteiger partial charge in [-0.3, -0.25) is 4.79 Å². The smallest absolute Gasteiger partial charge is 0.410 e. The van der Waals surface area contributed by atoms with E-state index in [0.717, 1.165) is 18.2 Å². The number of ether oxygens (including phenoxy) is 3. The van der Waals surface area contributed by atoms with E-state index in [-0.39, 0.29) is 37.6 Å². The number of piperazine rings is 1. The highest BCUT2D eigenvalue weighted by atomic mass is 32.2. The molecule has 0 aliphatic carbocycles. The van der Waals surface area contributed by atoms with E-state index in [1.54, 1.807) is 39.0 Å². The number of carbonyl (C=O) groups excluding carboxylic acids is 2. The van der Waals surface area contributed by atoms with E-state index in [9.17, 15) is 22.4 Å². The van der Waals surface area contributed by atoms with Crippen LogP contribution in [0.5, 0.6) is 11.5 Å². The summed E-state index contributed by atoms with van der Waals surface area (Å²) in [5.74, 6) is -0.619. The zero-order valence-corrected chi connectivity index (χ0v) is 22.4. The van der Waals surface area contributed by atoms with Crippen molar-refractivity contribution in [2.24, 2.45) is 0 Å². The minimum atomic E-state index is -4.03. The van der Waals surface area contributed by atoms with Gasteiger partial charge in [-0.05, 0) is 56.7 Å². The van der Waals surface area contributed by atoms with Gasteiger partial charge in [0.15, 0.2) is 11.5 Å². The molecule has 10 nitrogen and oxygen atoms in total. The average Bonchev–Trinajstić information content (AvgIpc) is 2.86. The van der Waals surface area contributed by atoms with Crippen molar-refractivity contribution >= 4 is 22.0 Å². The first-order valence-corrected chi connectivity index (χ1v) is 13.1. The van der Waals surface area contributed by atoms with E-state index in [4.69, 9.17) is 14.2 Å². The molecule has 1 aliphatic heterocycles. The molecule has 1 saturated heterocycles. The zero-order chi connectivity index (χ0) is 27.4. The third kappa shape index (κ3) is 6.89. The van der Waals surface area contributed by atoms with E-state index in [2.05, 4.69) is 5.32 Å². The number of sulfonamides is 1. The molecule has 202 valence electrons. The predicted octanol–water partition coefficient (Wildman–Crippen LogP) is 3.01. The average molecular weight is 538 g/mol. The van der Waals surface area contributed by atoms with Crippen LogP contribution >= 0.6 is 0 Å². The lowest BCUT2D eigenvalue weighted by atomic mass is 10.1. The number of rotatable bonds is 7. The number of amides is 2. The van der Waals surface area contributed by atoms with E-state index in [1.165, 1.54) is 23.4 Å². The third-order valence-electron chi connectivity index (χ3n) is 5.61. The van der Waals surface area contributed by atoms with Crippen LogP contribution in [0.2, 0.25) is 0 Å². The number of benzene rings is 2. The van der Waals surface area contributed by atoms with Crippen LogP contribution in [0.3, 0.4) is 0 Å². The first-order chi connectivity index (χ1) is 17.4. The molecule has 0 atom stereocenters. The minimum absolute atomic E-state index is 0.0415. The lowest BCUT2D eigenvalue weighted by Gasteiger charge is -2.35. The Morgan fingerprint density at radius 1 is 0.973 bits per heavy atom. The molecule has 1 heterocycles. The van der Waals surface area contributed by atoms with Crippen molar-refractivity contribution in [2.75, 3.05) is 40.4 Å². The van der Waals surface area contributed by atoms with E-state index < -0.39 is 39.0 Å². The second-order valence-electron chi connectivity index (χ2n) is 9.39. The molecule has 2 amide bonds. The van der Waals surface area contributed by atoms with Crippen LogP contribution in [0.1, 0.15) is 36.7 Å². The molecule has 1 fully saturated rings. The highest BCUT2D eigenvalue weighted by Crippen LogP contribution is 2.27. The summed E-state index contributed by atoms with van der Waals surface area (Å²) in [6.07, 6.45) is -0.514. The number of hydrogen-bond acceptors (Lipinski definition) is 7. The van der Waals surface area contributed by atoms with Gasteiger partial charge in [0.1, 0.15) is 11.4 Å². The molecule has 1 N–H and O–H groups in total. The van der Waals surface area contributed by atoms with Crippen LogP contribution < -0.4 is 14.8 Å². The molecule has 2 aromatic rings. The highest BCUT2D eigenvalue weighted by Gasteiger charge is 2.32. The predicted molar refractivity (Wildman–Crippen MR) is 134 cm³/mol.